The lowest BCUT2D eigenvalue weighted by Gasteiger charge is -2.30. The quantitative estimate of drug-likeness (QED) is 0.147. The molecule has 2 aromatic carbocycles. The lowest BCUT2D eigenvalue weighted by atomic mass is 10.2. The number of nitrogens with zero attached hydrogens (tertiary/aromatic N) is 3. The number of amides is 1. The Labute approximate surface area is 222 Å². The average molecular weight is 519 g/mol. The van der Waals surface area contributed by atoms with Crippen LogP contribution in [-0.2, 0) is 11.3 Å². The molecule has 1 aliphatic heterocycles. The van der Waals surface area contributed by atoms with Gasteiger partial charge in [0.2, 0.25) is 0 Å². The summed E-state index contributed by atoms with van der Waals surface area (Å²) in [4.78, 5) is 21.5. The molecule has 1 aromatic heterocycles. The number of nitrogen functional groups attached to an aromatic ring is 1. The number of hydrogen-bond donors (Lipinski definition) is 5. The SMILES string of the molecule is C=C(Nc1ccc(O)c(O)c1)N(CCCN1CCOCC1)Cc1ccc(C(=O)Nc2ccccc2N)nc1. The van der Waals surface area contributed by atoms with E-state index < -0.39 is 0 Å². The molecule has 200 valence electrons. The molecule has 4 rings (SSSR count). The first-order valence-electron chi connectivity index (χ1n) is 12.5. The molecule has 1 fully saturated rings. The number of aromatic hydroxyl groups is 2. The molecule has 0 spiro atoms. The molecule has 6 N–H and O–H groups in total. The first kappa shape index (κ1) is 26.8. The molecular weight excluding hydrogens is 484 g/mol. The van der Waals surface area contributed by atoms with Crippen molar-refractivity contribution in [3.05, 3.63) is 84.5 Å². The van der Waals surface area contributed by atoms with E-state index in [1.807, 2.05) is 6.07 Å². The number of carbonyl (C=O) groups excluding carboxylic acids is 1. The molecule has 0 atom stereocenters. The fourth-order valence-corrected chi connectivity index (χ4v) is 4.14. The van der Waals surface area contributed by atoms with Crippen molar-refractivity contribution in [2.45, 2.75) is 13.0 Å². The Morgan fingerprint density at radius 1 is 1.08 bits per heavy atom. The van der Waals surface area contributed by atoms with E-state index >= 15 is 0 Å². The molecule has 2 heterocycles. The van der Waals surface area contributed by atoms with Crippen LogP contribution in [0.4, 0.5) is 17.1 Å². The number of anilines is 3. The maximum absolute atomic E-state index is 12.6. The van der Waals surface area contributed by atoms with Crippen LogP contribution in [0.15, 0.2) is 73.2 Å². The number of nitrogens with two attached hydrogens (primary N) is 1. The maximum Gasteiger partial charge on any atom is 0.274 e. The number of ether oxygens (including phenoxy) is 1. The molecule has 0 aliphatic carbocycles. The van der Waals surface area contributed by atoms with Gasteiger partial charge in [0.25, 0.3) is 5.91 Å². The van der Waals surface area contributed by atoms with Crippen LogP contribution in [0.2, 0.25) is 0 Å². The molecule has 0 bridgehead atoms. The van der Waals surface area contributed by atoms with Crippen molar-refractivity contribution in [2.24, 2.45) is 0 Å². The van der Waals surface area contributed by atoms with Crippen LogP contribution in [0.1, 0.15) is 22.5 Å². The van der Waals surface area contributed by atoms with E-state index in [1.54, 1.807) is 42.6 Å². The van der Waals surface area contributed by atoms with Gasteiger partial charge in [-0.05, 0) is 42.3 Å². The molecular formula is C28H34N6O4. The first-order valence-corrected chi connectivity index (χ1v) is 12.5. The van der Waals surface area contributed by atoms with Gasteiger partial charge in [0.1, 0.15) is 5.69 Å². The first-order chi connectivity index (χ1) is 18.4. The van der Waals surface area contributed by atoms with Gasteiger partial charge in [-0.2, -0.15) is 0 Å². The van der Waals surface area contributed by atoms with Crippen molar-refractivity contribution >= 4 is 23.0 Å². The second kappa shape index (κ2) is 12.8. The molecule has 38 heavy (non-hydrogen) atoms. The Kier molecular flexibility index (Phi) is 9.02. The molecule has 0 radical (unpaired) electrons. The Hall–Kier alpha value is -4.28. The molecule has 0 saturated carbocycles. The summed E-state index contributed by atoms with van der Waals surface area (Å²) in [6, 6.07) is 15.2. The summed E-state index contributed by atoms with van der Waals surface area (Å²) in [5.41, 5.74) is 8.74. The fourth-order valence-electron chi connectivity index (χ4n) is 4.14. The van der Waals surface area contributed by atoms with Crippen molar-refractivity contribution < 1.29 is 19.7 Å². The molecule has 10 heteroatoms. The van der Waals surface area contributed by atoms with Crippen LogP contribution < -0.4 is 16.4 Å². The average Bonchev–Trinajstić information content (AvgIpc) is 2.92. The van der Waals surface area contributed by atoms with Crippen molar-refractivity contribution in [3.8, 4) is 11.5 Å². The standard InChI is InChI=1S/C28H34N6O4/c1-20(31-22-8-10-26(35)27(36)17-22)34(12-4-11-33-13-15-38-16-14-33)19-21-7-9-25(30-18-21)28(37)32-24-6-3-2-5-23(24)29/h2-3,5-10,17-18,31,35-36H,1,4,11-16,19,29H2,(H,32,37). The molecule has 1 aliphatic rings. The highest BCUT2D eigenvalue weighted by Gasteiger charge is 2.15. The van der Waals surface area contributed by atoms with Crippen molar-refractivity contribution in [2.75, 3.05) is 55.8 Å². The largest absolute Gasteiger partial charge is 0.504 e. The van der Waals surface area contributed by atoms with Gasteiger partial charge in [-0.25, -0.2) is 0 Å². The summed E-state index contributed by atoms with van der Waals surface area (Å²) in [7, 11) is 0. The second-order valence-corrected chi connectivity index (χ2v) is 9.10. The Balaban J connectivity index is 1.41. The summed E-state index contributed by atoms with van der Waals surface area (Å²) in [5, 5.41) is 25.5. The summed E-state index contributed by atoms with van der Waals surface area (Å²) in [5.74, 6) is -0.0980. The van der Waals surface area contributed by atoms with Crippen molar-refractivity contribution in [3.63, 3.8) is 0 Å². The van der Waals surface area contributed by atoms with E-state index in [2.05, 4.69) is 32.0 Å². The van der Waals surface area contributed by atoms with Crippen LogP contribution in [0.3, 0.4) is 0 Å². The van der Waals surface area contributed by atoms with Crippen molar-refractivity contribution in [1.82, 2.24) is 14.8 Å². The van der Waals surface area contributed by atoms with E-state index in [0.717, 1.165) is 51.4 Å². The predicted octanol–water partition coefficient (Wildman–Crippen LogP) is 3.43. The van der Waals surface area contributed by atoms with Crippen LogP contribution in [-0.4, -0.2) is 70.3 Å². The minimum Gasteiger partial charge on any atom is -0.504 e. The maximum atomic E-state index is 12.6. The smallest absolute Gasteiger partial charge is 0.274 e. The molecule has 0 unspecified atom stereocenters. The summed E-state index contributed by atoms with van der Waals surface area (Å²) < 4.78 is 5.44. The summed E-state index contributed by atoms with van der Waals surface area (Å²) in [6.07, 6.45) is 2.59. The number of nitrogens with one attached hydrogen (secondary N) is 2. The topological polar surface area (TPSA) is 136 Å². The van der Waals surface area contributed by atoms with Gasteiger partial charge in [-0.15, -0.1) is 0 Å². The molecule has 1 saturated heterocycles. The van der Waals surface area contributed by atoms with Crippen LogP contribution in [0.5, 0.6) is 11.5 Å². The second-order valence-electron chi connectivity index (χ2n) is 9.10. The predicted molar refractivity (Wildman–Crippen MR) is 148 cm³/mol. The van der Waals surface area contributed by atoms with E-state index in [-0.39, 0.29) is 23.1 Å². The lowest BCUT2D eigenvalue weighted by molar-refractivity contribution is 0.0364. The van der Waals surface area contributed by atoms with E-state index in [0.29, 0.717) is 29.4 Å². The number of hydrogen-bond acceptors (Lipinski definition) is 9. The zero-order valence-electron chi connectivity index (χ0n) is 21.3. The van der Waals surface area contributed by atoms with Crippen molar-refractivity contribution in [1.29, 1.82) is 0 Å². The zero-order chi connectivity index (χ0) is 26.9. The van der Waals surface area contributed by atoms with Gasteiger partial charge in [0.05, 0.1) is 30.4 Å². The molecule has 3 aromatic rings. The lowest BCUT2D eigenvalue weighted by Crippen LogP contribution is -2.38. The normalized spacial score (nSPS) is 13.6. The molecule has 10 nitrogen and oxygen atoms in total. The van der Waals surface area contributed by atoms with Gasteiger partial charge >= 0.3 is 0 Å². The highest BCUT2D eigenvalue weighted by molar-refractivity contribution is 6.04. The Morgan fingerprint density at radius 2 is 1.87 bits per heavy atom. The number of carbonyl (C=O) groups is 1. The summed E-state index contributed by atoms with van der Waals surface area (Å²) >= 11 is 0. The Bertz CT molecular complexity index is 1240. The molecule has 1 amide bonds. The van der Waals surface area contributed by atoms with Gasteiger partial charge in [0, 0.05) is 50.7 Å². The van der Waals surface area contributed by atoms with Gasteiger partial charge in [-0.3, -0.25) is 14.7 Å². The summed E-state index contributed by atoms with van der Waals surface area (Å²) in [6.45, 7) is 9.74. The van der Waals surface area contributed by atoms with E-state index in [9.17, 15) is 15.0 Å². The third kappa shape index (κ3) is 7.37. The van der Waals surface area contributed by atoms with Gasteiger partial charge < -0.3 is 36.2 Å². The monoisotopic (exact) mass is 518 g/mol. The number of phenolic OH excluding ortho intramolecular Hbond substituents is 2. The number of aromatic nitrogens is 1. The highest BCUT2D eigenvalue weighted by atomic mass is 16.5. The zero-order valence-corrected chi connectivity index (χ0v) is 21.3. The third-order valence-corrected chi connectivity index (χ3v) is 6.29. The minimum absolute atomic E-state index is 0.186. The fraction of sp³-hybridized carbons (Fsp3) is 0.286. The number of pyridine rings is 1. The number of morpholine rings is 1. The minimum atomic E-state index is -0.338. The number of rotatable bonds is 11. The highest BCUT2D eigenvalue weighted by Crippen LogP contribution is 2.28. The van der Waals surface area contributed by atoms with Crippen LogP contribution in [0, 0.1) is 0 Å². The third-order valence-electron chi connectivity index (χ3n) is 6.29. The van der Waals surface area contributed by atoms with E-state index in [4.69, 9.17) is 10.5 Å². The van der Waals surface area contributed by atoms with Crippen LogP contribution >= 0.6 is 0 Å². The number of benzene rings is 2. The number of para-hydroxylation sites is 2. The van der Waals surface area contributed by atoms with Crippen LogP contribution in [0.25, 0.3) is 0 Å². The van der Waals surface area contributed by atoms with Gasteiger partial charge in [-0.1, -0.05) is 24.8 Å². The van der Waals surface area contributed by atoms with Gasteiger partial charge in [0.15, 0.2) is 11.5 Å². The van der Waals surface area contributed by atoms with E-state index in [1.165, 1.54) is 12.1 Å². The Morgan fingerprint density at radius 3 is 2.58 bits per heavy atom. The number of phenols is 2.